The molecule has 0 bridgehead atoms. The monoisotopic (exact) mass is 319 g/mol. The predicted molar refractivity (Wildman–Crippen MR) is 83.9 cm³/mol. The topological polar surface area (TPSA) is 21.7 Å². The number of hydrogen-bond acceptors (Lipinski definition) is 3. The van der Waals surface area contributed by atoms with Crippen LogP contribution in [0.2, 0.25) is 0 Å². The van der Waals surface area contributed by atoms with Gasteiger partial charge < -0.3 is 9.47 Å². The molecule has 0 aromatic heterocycles. The van der Waals surface area contributed by atoms with Crippen LogP contribution in [0.4, 0.5) is 8.78 Å². The Morgan fingerprint density at radius 2 is 1.96 bits per heavy atom. The van der Waals surface area contributed by atoms with Crippen LogP contribution in [-0.4, -0.2) is 25.2 Å². The zero-order chi connectivity index (χ0) is 16.2. The Balaban J connectivity index is 1.75. The maximum atomic E-state index is 12.5. The number of ether oxygens (including phenoxy) is 2. The number of fused-ring (bicyclic) bond motifs is 1. The minimum atomic E-state index is -2.80. The molecule has 1 heterocycles. The molecule has 3 rings (SSSR count). The summed E-state index contributed by atoms with van der Waals surface area (Å²) in [6.07, 6.45) is 0.942. The standard InChI is InChI=1S/C18H19F2NO2/c1-22-16-7-6-13-8-9-21(12-15(13)10-16)11-14-4-2-3-5-17(14)23-18(19)20/h2-7,10,18H,8-9,11-12H2,1H3. The molecular weight excluding hydrogens is 300 g/mol. The third kappa shape index (κ3) is 3.79. The van der Waals surface area contributed by atoms with Crippen molar-refractivity contribution in [3.05, 3.63) is 59.2 Å². The average molecular weight is 319 g/mol. The van der Waals surface area contributed by atoms with Gasteiger partial charge in [0.25, 0.3) is 0 Å². The summed E-state index contributed by atoms with van der Waals surface area (Å²) < 4.78 is 34.9. The van der Waals surface area contributed by atoms with E-state index in [0.717, 1.165) is 30.8 Å². The van der Waals surface area contributed by atoms with Gasteiger partial charge in [0.05, 0.1) is 7.11 Å². The first-order valence-corrected chi connectivity index (χ1v) is 7.56. The quantitative estimate of drug-likeness (QED) is 0.835. The van der Waals surface area contributed by atoms with Gasteiger partial charge in [-0.3, -0.25) is 4.90 Å². The third-order valence-corrected chi connectivity index (χ3v) is 4.09. The van der Waals surface area contributed by atoms with E-state index in [9.17, 15) is 8.78 Å². The number of halogens is 2. The Morgan fingerprint density at radius 3 is 2.74 bits per heavy atom. The number of nitrogens with zero attached hydrogens (tertiary/aromatic N) is 1. The lowest BCUT2D eigenvalue weighted by molar-refractivity contribution is -0.0508. The van der Waals surface area contributed by atoms with E-state index in [4.69, 9.17) is 4.74 Å². The highest BCUT2D eigenvalue weighted by atomic mass is 19.3. The zero-order valence-corrected chi connectivity index (χ0v) is 13.0. The Bertz CT molecular complexity index is 676. The molecule has 0 aliphatic carbocycles. The maximum absolute atomic E-state index is 12.5. The molecule has 0 amide bonds. The molecular formula is C18H19F2NO2. The molecule has 0 unspecified atom stereocenters. The van der Waals surface area contributed by atoms with Crippen LogP contribution in [0, 0.1) is 0 Å². The normalized spacial score (nSPS) is 14.6. The van der Waals surface area contributed by atoms with Crippen molar-refractivity contribution < 1.29 is 18.3 Å². The fraction of sp³-hybridized carbons (Fsp3) is 0.333. The van der Waals surface area contributed by atoms with Crippen molar-refractivity contribution in [1.82, 2.24) is 4.90 Å². The maximum Gasteiger partial charge on any atom is 0.387 e. The van der Waals surface area contributed by atoms with Crippen molar-refractivity contribution >= 4 is 0 Å². The first kappa shape index (κ1) is 15.7. The lowest BCUT2D eigenvalue weighted by Crippen LogP contribution is -2.30. The number of rotatable bonds is 5. The molecule has 122 valence electrons. The Morgan fingerprint density at radius 1 is 1.13 bits per heavy atom. The Labute approximate surface area is 134 Å². The lowest BCUT2D eigenvalue weighted by atomic mass is 9.99. The van der Waals surface area contributed by atoms with E-state index in [-0.39, 0.29) is 5.75 Å². The first-order chi connectivity index (χ1) is 11.2. The van der Waals surface area contributed by atoms with Crippen LogP contribution in [0.25, 0.3) is 0 Å². The van der Waals surface area contributed by atoms with Crippen LogP contribution in [0.3, 0.4) is 0 Å². The van der Waals surface area contributed by atoms with Crippen molar-refractivity contribution in [2.24, 2.45) is 0 Å². The highest BCUT2D eigenvalue weighted by Crippen LogP contribution is 2.27. The van der Waals surface area contributed by atoms with Crippen molar-refractivity contribution in [2.45, 2.75) is 26.1 Å². The SMILES string of the molecule is COc1ccc2c(c1)CN(Cc1ccccc1OC(F)F)CC2. The highest BCUT2D eigenvalue weighted by Gasteiger charge is 2.19. The number of hydrogen-bond donors (Lipinski definition) is 0. The summed E-state index contributed by atoms with van der Waals surface area (Å²) in [7, 11) is 1.65. The lowest BCUT2D eigenvalue weighted by Gasteiger charge is -2.29. The summed E-state index contributed by atoms with van der Waals surface area (Å²) in [5.74, 6) is 1.09. The third-order valence-electron chi connectivity index (χ3n) is 4.09. The molecule has 0 spiro atoms. The Kier molecular flexibility index (Phi) is 4.76. The van der Waals surface area contributed by atoms with Crippen LogP contribution >= 0.6 is 0 Å². The van der Waals surface area contributed by atoms with Crippen LogP contribution in [0.1, 0.15) is 16.7 Å². The smallest absolute Gasteiger partial charge is 0.387 e. The molecule has 5 heteroatoms. The second kappa shape index (κ2) is 6.96. The molecule has 0 saturated heterocycles. The molecule has 0 fully saturated rings. The fourth-order valence-corrected chi connectivity index (χ4v) is 2.94. The van der Waals surface area contributed by atoms with E-state index in [1.165, 1.54) is 11.1 Å². The second-order valence-corrected chi connectivity index (χ2v) is 5.58. The Hall–Kier alpha value is -2.14. The highest BCUT2D eigenvalue weighted by molar-refractivity contribution is 5.38. The van der Waals surface area contributed by atoms with E-state index in [2.05, 4.69) is 15.7 Å². The summed E-state index contributed by atoms with van der Waals surface area (Å²) in [4.78, 5) is 2.23. The molecule has 23 heavy (non-hydrogen) atoms. The van der Waals surface area contributed by atoms with Gasteiger partial charge in [-0.1, -0.05) is 24.3 Å². The van der Waals surface area contributed by atoms with Gasteiger partial charge in [0.2, 0.25) is 0 Å². The fourth-order valence-electron chi connectivity index (χ4n) is 2.94. The van der Waals surface area contributed by atoms with E-state index in [1.54, 1.807) is 19.2 Å². The van der Waals surface area contributed by atoms with E-state index in [0.29, 0.717) is 6.54 Å². The van der Waals surface area contributed by atoms with Crippen LogP contribution < -0.4 is 9.47 Å². The zero-order valence-electron chi connectivity index (χ0n) is 13.0. The van der Waals surface area contributed by atoms with Gasteiger partial charge in [0.15, 0.2) is 0 Å². The van der Waals surface area contributed by atoms with E-state index in [1.807, 2.05) is 24.3 Å². The van der Waals surface area contributed by atoms with Crippen molar-refractivity contribution in [1.29, 1.82) is 0 Å². The van der Waals surface area contributed by atoms with E-state index < -0.39 is 6.61 Å². The van der Waals surface area contributed by atoms with Gasteiger partial charge in [0, 0.05) is 25.2 Å². The summed E-state index contributed by atoms with van der Waals surface area (Å²) in [5, 5.41) is 0. The molecule has 3 nitrogen and oxygen atoms in total. The molecule has 0 N–H and O–H groups in total. The summed E-state index contributed by atoms with van der Waals surface area (Å²) in [6.45, 7) is -0.556. The second-order valence-electron chi connectivity index (χ2n) is 5.58. The van der Waals surface area contributed by atoms with Gasteiger partial charge >= 0.3 is 6.61 Å². The minimum Gasteiger partial charge on any atom is -0.497 e. The van der Waals surface area contributed by atoms with Crippen LogP contribution in [-0.2, 0) is 19.5 Å². The van der Waals surface area contributed by atoms with E-state index >= 15 is 0 Å². The van der Waals surface area contributed by atoms with Crippen molar-refractivity contribution in [3.63, 3.8) is 0 Å². The minimum absolute atomic E-state index is 0.249. The average Bonchev–Trinajstić information content (AvgIpc) is 2.55. The number of para-hydroxylation sites is 1. The molecule has 1 aliphatic heterocycles. The number of alkyl halides is 2. The molecule has 0 atom stereocenters. The molecule has 0 radical (unpaired) electrons. The molecule has 0 saturated carbocycles. The summed E-state index contributed by atoms with van der Waals surface area (Å²) >= 11 is 0. The summed E-state index contributed by atoms with van der Waals surface area (Å²) in [5.41, 5.74) is 3.32. The molecule has 2 aromatic carbocycles. The van der Waals surface area contributed by atoms with Gasteiger partial charge in [-0.25, -0.2) is 0 Å². The number of benzene rings is 2. The van der Waals surface area contributed by atoms with Crippen LogP contribution in [0.5, 0.6) is 11.5 Å². The largest absolute Gasteiger partial charge is 0.497 e. The van der Waals surface area contributed by atoms with Gasteiger partial charge in [-0.15, -0.1) is 0 Å². The summed E-state index contributed by atoms with van der Waals surface area (Å²) in [6, 6.07) is 13.1. The van der Waals surface area contributed by atoms with Crippen molar-refractivity contribution in [2.75, 3.05) is 13.7 Å². The van der Waals surface area contributed by atoms with Crippen LogP contribution in [0.15, 0.2) is 42.5 Å². The van der Waals surface area contributed by atoms with Gasteiger partial charge in [-0.2, -0.15) is 8.78 Å². The number of methoxy groups -OCH3 is 1. The molecule has 2 aromatic rings. The van der Waals surface area contributed by atoms with Gasteiger partial charge in [-0.05, 0) is 35.7 Å². The van der Waals surface area contributed by atoms with Crippen molar-refractivity contribution in [3.8, 4) is 11.5 Å². The predicted octanol–water partition coefficient (Wildman–Crippen LogP) is 3.85. The molecule has 1 aliphatic rings. The first-order valence-electron chi connectivity index (χ1n) is 7.56. The van der Waals surface area contributed by atoms with Gasteiger partial charge in [0.1, 0.15) is 11.5 Å².